The number of halogens is 1. The quantitative estimate of drug-likeness (QED) is 0.842. The van der Waals surface area contributed by atoms with Crippen molar-refractivity contribution in [3.63, 3.8) is 0 Å². The van der Waals surface area contributed by atoms with E-state index >= 15 is 0 Å². The molecule has 0 unspecified atom stereocenters. The van der Waals surface area contributed by atoms with Gasteiger partial charge in [-0.2, -0.15) is 4.31 Å². The van der Waals surface area contributed by atoms with E-state index in [1.165, 1.54) is 22.7 Å². The van der Waals surface area contributed by atoms with Crippen LogP contribution in [0, 0.1) is 5.82 Å². The number of sulfonamides is 1. The molecular formula is C15H18FN3O2S2. The minimum absolute atomic E-state index is 0.257. The number of aromatic nitrogens is 1. The van der Waals surface area contributed by atoms with Gasteiger partial charge in [-0.1, -0.05) is 0 Å². The molecule has 0 bridgehead atoms. The minimum atomic E-state index is -3.09. The molecule has 1 fully saturated rings. The summed E-state index contributed by atoms with van der Waals surface area (Å²) in [6, 6.07) is 6.30. The molecule has 2 aromatic rings. The van der Waals surface area contributed by atoms with Crippen LogP contribution in [0.3, 0.4) is 0 Å². The Morgan fingerprint density at radius 2 is 1.83 bits per heavy atom. The first-order valence-corrected chi connectivity index (χ1v) is 10.0. The lowest BCUT2D eigenvalue weighted by atomic mass is 10.2. The average molecular weight is 355 g/mol. The fourth-order valence-electron chi connectivity index (χ4n) is 2.55. The Bertz CT molecular complexity index is 766. The molecule has 0 spiro atoms. The van der Waals surface area contributed by atoms with Gasteiger partial charge in [0.25, 0.3) is 0 Å². The van der Waals surface area contributed by atoms with Crippen LogP contribution >= 0.6 is 11.3 Å². The normalized spacial score (nSPS) is 17.5. The fourth-order valence-corrected chi connectivity index (χ4v) is 4.22. The number of rotatable bonds is 4. The molecule has 0 aliphatic carbocycles. The topological polar surface area (TPSA) is 53.5 Å². The number of nitrogens with zero attached hydrogens (tertiary/aromatic N) is 3. The smallest absolute Gasteiger partial charge is 0.211 e. The molecule has 23 heavy (non-hydrogen) atoms. The molecule has 3 rings (SSSR count). The molecule has 0 atom stereocenters. The highest BCUT2D eigenvalue weighted by molar-refractivity contribution is 7.88. The van der Waals surface area contributed by atoms with Crippen LogP contribution in [-0.4, -0.2) is 55.0 Å². The largest absolute Gasteiger partial charge is 0.294 e. The zero-order valence-corrected chi connectivity index (χ0v) is 14.4. The van der Waals surface area contributed by atoms with E-state index in [0.717, 1.165) is 16.3 Å². The molecule has 1 aromatic heterocycles. The second kappa shape index (κ2) is 6.64. The highest BCUT2D eigenvalue weighted by atomic mass is 32.2. The molecule has 5 nitrogen and oxygen atoms in total. The van der Waals surface area contributed by atoms with Gasteiger partial charge in [-0.05, 0) is 24.3 Å². The predicted octanol–water partition coefficient (Wildman–Crippen LogP) is 2.03. The van der Waals surface area contributed by atoms with Gasteiger partial charge in [-0.25, -0.2) is 17.8 Å². The van der Waals surface area contributed by atoms with Crippen molar-refractivity contribution in [1.29, 1.82) is 0 Å². The standard InChI is InChI=1S/C15H18FN3O2S2/c1-23(20,21)19-8-6-18(7-9-19)10-15-17-14(11-22-15)12-2-4-13(16)5-3-12/h2-5,11H,6-10H2,1H3. The van der Waals surface area contributed by atoms with Gasteiger partial charge in [0.1, 0.15) is 10.8 Å². The van der Waals surface area contributed by atoms with E-state index in [2.05, 4.69) is 9.88 Å². The molecule has 124 valence electrons. The van der Waals surface area contributed by atoms with Gasteiger partial charge in [0, 0.05) is 37.1 Å². The Morgan fingerprint density at radius 1 is 1.17 bits per heavy atom. The molecule has 2 heterocycles. The monoisotopic (exact) mass is 355 g/mol. The summed E-state index contributed by atoms with van der Waals surface area (Å²) in [4.78, 5) is 6.80. The zero-order valence-electron chi connectivity index (χ0n) is 12.8. The first kappa shape index (κ1) is 16.5. The zero-order chi connectivity index (χ0) is 16.4. The van der Waals surface area contributed by atoms with Gasteiger partial charge in [0.05, 0.1) is 18.5 Å². The van der Waals surface area contributed by atoms with Crippen LogP contribution in [0.2, 0.25) is 0 Å². The van der Waals surface area contributed by atoms with E-state index in [-0.39, 0.29) is 5.82 Å². The predicted molar refractivity (Wildman–Crippen MR) is 89.2 cm³/mol. The van der Waals surface area contributed by atoms with Gasteiger partial charge in [0.15, 0.2) is 0 Å². The molecule has 1 aliphatic heterocycles. The lowest BCUT2D eigenvalue weighted by molar-refractivity contribution is 0.182. The number of benzene rings is 1. The highest BCUT2D eigenvalue weighted by Crippen LogP contribution is 2.23. The maximum absolute atomic E-state index is 13.0. The molecule has 1 saturated heterocycles. The Balaban J connectivity index is 1.61. The van der Waals surface area contributed by atoms with Crippen molar-refractivity contribution in [3.8, 4) is 11.3 Å². The molecule has 1 aromatic carbocycles. The Morgan fingerprint density at radius 3 is 2.43 bits per heavy atom. The lowest BCUT2D eigenvalue weighted by Gasteiger charge is -2.32. The van der Waals surface area contributed by atoms with Gasteiger partial charge >= 0.3 is 0 Å². The minimum Gasteiger partial charge on any atom is -0.294 e. The number of hydrogen-bond donors (Lipinski definition) is 0. The number of hydrogen-bond acceptors (Lipinski definition) is 5. The highest BCUT2D eigenvalue weighted by Gasteiger charge is 2.23. The number of thiazole rings is 1. The average Bonchev–Trinajstić information content (AvgIpc) is 2.96. The Kier molecular flexibility index (Phi) is 4.77. The molecule has 0 saturated carbocycles. The van der Waals surface area contributed by atoms with Crippen LogP contribution < -0.4 is 0 Å². The van der Waals surface area contributed by atoms with Crippen molar-refractivity contribution < 1.29 is 12.8 Å². The molecule has 0 amide bonds. The van der Waals surface area contributed by atoms with Crippen molar-refractivity contribution >= 4 is 21.4 Å². The lowest BCUT2D eigenvalue weighted by Crippen LogP contribution is -2.47. The van der Waals surface area contributed by atoms with Crippen LogP contribution in [0.5, 0.6) is 0 Å². The summed E-state index contributed by atoms with van der Waals surface area (Å²) in [5.41, 5.74) is 1.75. The fraction of sp³-hybridized carbons (Fsp3) is 0.400. The maximum Gasteiger partial charge on any atom is 0.211 e. The van der Waals surface area contributed by atoms with Gasteiger partial charge in [-0.3, -0.25) is 4.90 Å². The summed E-state index contributed by atoms with van der Waals surface area (Å²) in [6.07, 6.45) is 1.25. The van der Waals surface area contributed by atoms with E-state index < -0.39 is 10.0 Å². The summed E-state index contributed by atoms with van der Waals surface area (Å²) in [6.45, 7) is 3.17. The number of piperazine rings is 1. The SMILES string of the molecule is CS(=O)(=O)N1CCN(Cc2nc(-c3ccc(F)cc3)cs2)CC1. The van der Waals surface area contributed by atoms with E-state index in [9.17, 15) is 12.8 Å². The first-order valence-electron chi connectivity index (χ1n) is 7.29. The van der Waals surface area contributed by atoms with E-state index in [1.807, 2.05) is 5.38 Å². The second-order valence-electron chi connectivity index (χ2n) is 5.57. The summed E-state index contributed by atoms with van der Waals surface area (Å²) in [7, 11) is -3.09. The van der Waals surface area contributed by atoms with Gasteiger partial charge in [-0.15, -0.1) is 11.3 Å². The first-order chi connectivity index (χ1) is 10.9. The maximum atomic E-state index is 13.0. The molecule has 0 N–H and O–H groups in total. The third-order valence-corrected chi connectivity index (χ3v) is 5.99. The summed E-state index contributed by atoms with van der Waals surface area (Å²) < 4.78 is 37.5. The van der Waals surface area contributed by atoms with Crippen molar-refractivity contribution in [2.75, 3.05) is 32.4 Å². The van der Waals surface area contributed by atoms with Crippen molar-refractivity contribution in [1.82, 2.24) is 14.2 Å². The summed E-state index contributed by atoms with van der Waals surface area (Å²) in [5.74, 6) is -0.257. The van der Waals surface area contributed by atoms with Crippen LogP contribution in [0.25, 0.3) is 11.3 Å². The Hall–Kier alpha value is -1.35. The Labute approximate surface area is 139 Å². The van der Waals surface area contributed by atoms with Crippen LogP contribution in [0.1, 0.15) is 5.01 Å². The van der Waals surface area contributed by atoms with Gasteiger partial charge < -0.3 is 0 Å². The molecular weight excluding hydrogens is 337 g/mol. The molecule has 1 aliphatic rings. The van der Waals surface area contributed by atoms with Crippen LogP contribution in [0.15, 0.2) is 29.6 Å². The summed E-state index contributed by atoms with van der Waals surface area (Å²) in [5, 5.41) is 2.95. The summed E-state index contributed by atoms with van der Waals surface area (Å²) >= 11 is 1.57. The third kappa shape index (κ3) is 4.14. The van der Waals surface area contributed by atoms with E-state index in [1.54, 1.807) is 23.5 Å². The van der Waals surface area contributed by atoms with E-state index in [0.29, 0.717) is 32.7 Å². The van der Waals surface area contributed by atoms with Crippen LogP contribution in [-0.2, 0) is 16.6 Å². The third-order valence-electron chi connectivity index (χ3n) is 3.85. The second-order valence-corrected chi connectivity index (χ2v) is 8.50. The van der Waals surface area contributed by atoms with Gasteiger partial charge in [0.2, 0.25) is 10.0 Å². The molecule has 0 radical (unpaired) electrons. The van der Waals surface area contributed by atoms with Crippen molar-refractivity contribution in [3.05, 3.63) is 40.5 Å². The van der Waals surface area contributed by atoms with Crippen molar-refractivity contribution in [2.24, 2.45) is 0 Å². The van der Waals surface area contributed by atoms with Crippen molar-refractivity contribution in [2.45, 2.75) is 6.54 Å². The molecule has 8 heteroatoms. The van der Waals surface area contributed by atoms with E-state index in [4.69, 9.17) is 0 Å². The van der Waals surface area contributed by atoms with Crippen LogP contribution in [0.4, 0.5) is 4.39 Å².